The summed E-state index contributed by atoms with van der Waals surface area (Å²) in [6.07, 6.45) is 1.22. The Morgan fingerprint density at radius 3 is 2.81 bits per heavy atom. The summed E-state index contributed by atoms with van der Waals surface area (Å²) in [4.78, 5) is 16.2. The Bertz CT molecular complexity index is 610. The first kappa shape index (κ1) is 15.0. The van der Waals surface area contributed by atoms with Gasteiger partial charge in [-0.1, -0.05) is 30.3 Å². The van der Waals surface area contributed by atoms with Crippen molar-refractivity contribution in [3.63, 3.8) is 0 Å². The molecule has 1 atom stereocenters. The number of carbonyl (C=O) groups excluding carboxylic acids is 1. The summed E-state index contributed by atoms with van der Waals surface area (Å²) in [5.74, 6) is 1.48. The van der Waals surface area contributed by atoms with Crippen molar-refractivity contribution in [3.8, 4) is 5.75 Å². The van der Waals surface area contributed by atoms with Crippen molar-refractivity contribution in [3.05, 3.63) is 41.5 Å². The molecular weight excluding hydrogens is 270 g/mol. The van der Waals surface area contributed by atoms with Crippen LogP contribution in [0.4, 0.5) is 0 Å². The second kappa shape index (κ2) is 6.88. The van der Waals surface area contributed by atoms with Crippen LogP contribution in [0.5, 0.6) is 5.75 Å². The van der Waals surface area contributed by atoms with E-state index in [1.54, 1.807) is 14.0 Å². The van der Waals surface area contributed by atoms with Gasteiger partial charge < -0.3 is 14.6 Å². The molecule has 1 amide bonds. The fourth-order valence-electron chi connectivity index (χ4n) is 2.08. The number of para-hydroxylation sites is 1. The normalized spacial score (nSPS) is 12.0. The Labute approximate surface area is 123 Å². The third kappa shape index (κ3) is 3.59. The summed E-state index contributed by atoms with van der Waals surface area (Å²) in [6, 6.07) is 6.97. The molecule has 1 aromatic heterocycles. The van der Waals surface area contributed by atoms with Crippen LogP contribution in [0.25, 0.3) is 0 Å². The first-order valence-electron chi connectivity index (χ1n) is 6.88. The maximum Gasteiger partial charge on any atom is 0.223 e. The van der Waals surface area contributed by atoms with E-state index in [1.807, 2.05) is 31.2 Å². The number of aromatic nitrogens is 2. The van der Waals surface area contributed by atoms with Gasteiger partial charge in [0.1, 0.15) is 11.8 Å². The first-order chi connectivity index (χ1) is 10.2. The van der Waals surface area contributed by atoms with Crippen molar-refractivity contribution in [2.75, 3.05) is 7.11 Å². The Morgan fingerprint density at radius 2 is 2.19 bits per heavy atom. The molecule has 21 heavy (non-hydrogen) atoms. The zero-order chi connectivity index (χ0) is 15.2. The second-order valence-electron chi connectivity index (χ2n) is 4.66. The highest BCUT2D eigenvalue weighted by Gasteiger charge is 2.24. The van der Waals surface area contributed by atoms with Crippen molar-refractivity contribution in [2.45, 2.75) is 32.7 Å². The molecule has 0 bridgehead atoms. The average molecular weight is 289 g/mol. The van der Waals surface area contributed by atoms with Crippen LogP contribution in [0, 0.1) is 6.92 Å². The van der Waals surface area contributed by atoms with Gasteiger partial charge in [0.25, 0.3) is 0 Å². The van der Waals surface area contributed by atoms with E-state index >= 15 is 0 Å². The number of nitrogens with one attached hydrogen (secondary N) is 1. The summed E-state index contributed by atoms with van der Waals surface area (Å²) in [5.41, 5.74) is 0.797. The average Bonchev–Trinajstić information content (AvgIpc) is 2.91. The van der Waals surface area contributed by atoms with E-state index in [-0.39, 0.29) is 5.91 Å². The van der Waals surface area contributed by atoms with E-state index in [1.165, 1.54) is 0 Å². The molecule has 1 aromatic carbocycles. The standard InChI is InChI=1S/C15H19N3O3/c1-4-7-13(19)17-14(15-16-10(2)21-18-15)11-8-5-6-9-12(11)20-3/h5-6,8-9,14H,4,7H2,1-3H3,(H,17,19). The fraction of sp³-hybridized carbons (Fsp3) is 0.400. The van der Waals surface area contributed by atoms with E-state index in [0.29, 0.717) is 23.9 Å². The predicted octanol–water partition coefficient (Wildman–Crippen LogP) is 2.39. The molecule has 6 nitrogen and oxygen atoms in total. The van der Waals surface area contributed by atoms with Gasteiger partial charge in [0.15, 0.2) is 5.82 Å². The number of rotatable bonds is 6. The van der Waals surface area contributed by atoms with Crippen LogP contribution in [0.3, 0.4) is 0 Å². The first-order valence-corrected chi connectivity index (χ1v) is 6.88. The summed E-state index contributed by atoms with van der Waals surface area (Å²) >= 11 is 0. The zero-order valence-electron chi connectivity index (χ0n) is 12.4. The number of hydrogen-bond donors (Lipinski definition) is 1. The Balaban J connectivity index is 2.37. The maximum absolute atomic E-state index is 12.0. The van der Waals surface area contributed by atoms with E-state index in [0.717, 1.165) is 12.0 Å². The van der Waals surface area contributed by atoms with Gasteiger partial charge in [0, 0.05) is 18.9 Å². The number of ether oxygens (including phenoxy) is 1. The van der Waals surface area contributed by atoms with E-state index in [4.69, 9.17) is 9.26 Å². The lowest BCUT2D eigenvalue weighted by molar-refractivity contribution is -0.121. The number of nitrogens with zero attached hydrogens (tertiary/aromatic N) is 2. The largest absolute Gasteiger partial charge is 0.496 e. The van der Waals surface area contributed by atoms with Crippen LogP contribution in [0.2, 0.25) is 0 Å². The van der Waals surface area contributed by atoms with Gasteiger partial charge in [-0.3, -0.25) is 4.79 Å². The minimum Gasteiger partial charge on any atom is -0.496 e. The van der Waals surface area contributed by atoms with Gasteiger partial charge in [0.05, 0.1) is 7.11 Å². The van der Waals surface area contributed by atoms with Gasteiger partial charge in [-0.05, 0) is 12.5 Å². The lowest BCUT2D eigenvalue weighted by Gasteiger charge is -2.18. The minimum absolute atomic E-state index is 0.0594. The van der Waals surface area contributed by atoms with Crippen LogP contribution in [-0.2, 0) is 4.79 Å². The number of benzene rings is 1. The molecule has 0 saturated heterocycles. The Hall–Kier alpha value is -2.37. The Morgan fingerprint density at radius 1 is 1.43 bits per heavy atom. The summed E-state index contributed by atoms with van der Waals surface area (Å²) in [6.45, 7) is 3.67. The number of carbonyl (C=O) groups is 1. The highest BCUT2D eigenvalue weighted by molar-refractivity contribution is 5.76. The summed E-state index contributed by atoms with van der Waals surface area (Å²) in [7, 11) is 1.59. The van der Waals surface area contributed by atoms with Crippen LogP contribution < -0.4 is 10.1 Å². The third-order valence-electron chi connectivity index (χ3n) is 3.03. The second-order valence-corrected chi connectivity index (χ2v) is 4.66. The van der Waals surface area contributed by atoms with Crippen LogP contribution in [0.1, 0.15) is 43.1 Å². The van der Waals surface area contributed by atoms with Crippen LogP contribution in [-0.4, -0.2) is 23.2 Å². The zero-order valence-corrected chi connectivity index (χ0v) is 12.4. The van der Waals surface area contributed by atoms with Crippen LogP contribution >= 0.6 is 0 Å². The van der Waals surface area contributed by atoms with Crippen molar-refractivity contribution >= 4 is 5.91 Å². The van der Waals surface area contributed by atoms with Gasteiger partial charge in [-0.25, -0.2) is 0 Å². The van der Waals surface area contributed by atoms with E-state index in [9.17, 15) is 4.79 Å². The van der Waals surface area contributed by atoms with Gasteiger partial charge in [-0.15, -0.1) is 0 Å². The fourth-order valence-corrected chi connectivity index (χ4v) is 2.08. The number of aryl methyl sites for hydroxylation is 1. The number of amides is 1. The Kier molecular flexibility index (Phi) is 4.92. The molecule has 6 heteroatoms. The SMILES string of the molecule is CCCC(=O)NC(c1noc(C)n1)c1ccccc1OC. The molecule has 0 aliphatic heterocycles. The third-order valence-corrected chi connectivity index (χ3v) is 3.03. The maximum atomic E-state index is 12.0. The lowest BCUT2D eigenvalue weighted by atomic mass is 10.0. The van der Waals surface area contributed by atoms with Crippen molar-refractivity contribution in [1.29, 1.82) is 0 Å². The molecule has 2 rings (SSSR count). The monoisotopic (exact) mass is 289 g/mol. The molecular formula is C15H19N3O3. The molecule has 1 unspecified atom stereocenters. The van der Waals surface area contributed by atoms with Gasteiger partial charge in [0.2, 0.25) is 11.8 Å². The molecule has 0 spiro atoms. The van der Waals surface area contributed by atoms with Gasteiger partial charge >= 0.3 is 0 Å². The number of methoxy groups -OCH3 is 1. The smallest absolute Gasteiger partial charge is 0.223 e. The van der Waals surface area contributed by atoms with Crippen molar-refractivity contribution in [1.82, 2.24) is 15.5 Å². The molecule has 2 aromatic rings. The molecule has 1 heterocycles. The number of hydrogen-bond acceptors (Lipinski definition) is 5. The molecule has 112 valence electrons. The summed E-state index contributed by atoms with van der Waals surface area (Å²) < 4.78 is 10.4. The topological polar surface area (TPSA) is 77.3 Å². The molecule has 0 fully saturated rings. The minimum atomic E-state index is -0.488. The highest BCUT2D eigenvalue weighted by Crippen LogP contribution is 2.28. The van der Waals surface area contributed by atoms with Crippen LogP contribution in [0.15, 0.2) is 28.8 Å². The lowest BCUT2D eigenvalue weighted by Crippen LogP contribution is -2.30. The predicted molar refractivity (Wildman–Crippen MR) is 76.9 cm³/mol. The summed E-state index contributed by atoms with van der Waals surface area (Å²) in [5, 5.41) is 6.86. The van der Waals surface area contributed by atoms with Crippen molar-refractivity contribution < 1.29 is 14.1 Å². The van der Waals surface area contributed by atoms with E-state index in [2.05, 4.69) is 15.5 Å². The molecule has 0 aliphatic carbocycles. The molecule has 0 radical (unpaired) electrons. The van der Waals surface area contributed by atoms with Gasteiger partial charge in [-0.2, -0.15) is 4.98 Å². The molecule has 1 N–H and O–H groups in total. The van der Waals surface area contributed by atoms with E-state index < -0.39 is 6.04 Å². The highest BCUT2D eigenvalue weighted by atomic mass is 16.5. The molecule has 0 aliphatic rings. The molecule has 0 saturated carbocycles. The quantitative estimate of drug-likeness (QED) is 0.883. The van der Waals surface area contributed by atoms with Crippen molar-refractivity contribution in [2.24, 2.45) is 0 Å².